The first-order valence-electron chi connectivity index (χ1n) is 4.10. The van der Waals surface area contributed by atoms with Crippen LogP contribution in [0.4, 0.5) is 5.82 Å². The van der Waals surface area contributed by atoms with Gasteiger partial charge >= 0.3 is 0 Å². The highest BCUT2D eigenvalue weighted by Gasteiger charge is 2.06. The fourth-order valence-corrected chi connectivity index (χ4v) is 1.70. The van der Waals surface area contributed by atoms with Crippen LogP contribution < -0.4 is 5.73 Å². The van der Waals surface area contributed by atoms with E-state index in [2.05, 4.69) is 26.0 Å². The number of hydrogen-bond acceptors (Lipinski definition) is 3. The first-order valence-corrected chi connectivity index (χ1v) is 4.90. The molecule has 0 atom stereocenters. The van der Waals surface area contributed by atoms with Gasteiger partial charge in [0.1, 0.15) is 5.82 Å². The lowest BCUT2D eigenvalue weighted by Gasteiger charge is -2.05. The molecule has 0 aliphatic rings. The van der Waals surface area contributed by atoms with Gasteiger partial charge in [-0.15, -0.1) is 0 Å². The van der Waals surface area contributed by atoms with Crippen molar-refractivity contribution in [2.24, 2.45) is 0 Å². The molecule has 14 heavy (non-hydrogen) atoms. The summed E-state index contributed by atoms with van der Waals surface area (Å²) in [6.45, 7) is 1.95. The number of halogens is 1. The largest absolute Gasteiger partial charge is 0.382 e. The lowest BCUT2D eigenvalue weighted by atomic mass is 10.4. The SMILES string of the molecule is Cc1cc(N)nn1-c1ccncc1Br. The molecule has 0 radical (unpaired) electrons. The molecule has 0 spiro atoms. The molecular weight excluding hydrogens is 244 g/mol. The Balaban J connectivity index is 2.60. The molecule has 0 saturated heterocycles. The molecule has 0 aliphatic carbocycles. The molecule has 2 aromatic rings. The maximum atomic E-state index is 5.60. The molecule has 0 fully saturated rings. The average Bonchev–Trinajstić information content (AvgIpc) is 2.46. The van der Waals surface area contributed by atoms with Crippen molar-refractivity contribution < 1.29 is 0 Å². The maximum Gasteiger partial charge on any atom is 0.146 e. The molecule has 2 N–H and O–H groups in total. The van der Waals surface area contributed by atoms with E-state index < -0.39 is 0 Å². The first-order chi connectivity index (χ1) is 6.68. The van der Waals surface area contributed by atoms with E-state index in [1.165, 1.54) is 0 Å². The highest BCUT2D eigenvalue weighted by molar-refractivity contribution is 9.10. The van der Waals surface area contributed by atoms with Crippen molar-refractivity contribution in [3.05, 3.63) is 34.7 Å². The van der Waals surface area contributed by atoms with Crippen molar-refractivity contribution >= 4 is 21.7 Å². The van der Waals surface area contributed by atoms with Crippen molar-refractivity contribution in [3.8, 4) is 5.69 Å². The van der Waals surface area contributed by atoms with E-state index in [4.69, 9.17) is 5.73 Å². The van der Waals surface area contributed by atoms with Crippen LogP contribution in [0.3, 0.4) is 0 Å². The zero-order valence-corrected chi connectivity index (χ0v) is 9.19. The lowest BCUT2D eigenvalue weighted by molar-refractivity contribution is 0.844. The molecule has 2 rings (SSSR count). The van der Waals surface area contributed by atoms with Crippen molar-refractivity contribution in [2.45, 2.75) is 6.92 Å². The van der Waals surface area contributed by atoms with Crippen LogP contribution in [0.15, 0.2) is 29.0 Å². The van der Waals surface area contributed by atoms with Gasteiger partial charge in [0.25, 0.3) is 0 Å². The van der Waals surface area contributed by atoms with Gasteiger partial charge in [0.2, 0.25) is 0 Å². The number of aryl methyl sites for hydroxylation is 1. The van der Waals surface area contributed by atoms with Crippen molar-refractivity contribution in [2.75, 3.05) is 5.73 Å². The quantitative estimate of drug-likeness (QED) is 0.844. The molecule has 0 saturated carbocycles. The summed E-state index contributed by atoms with van der Waals surface area (Å²) in [4.78, 5) is 3.99. The minimum absolute atomic E-state index is 0.520. The minimum atomic E-state index is 0.520. The van der Waals surface area contributed by atoms with Crippen molar-refractivity contribution in [3.63, 3.8) is 0 Å². The van der Waals surface area contributed by atoms with Gasteiger partial charge in [-0.1, -0.05) is 0 Å². The van der Waals surface area contributed by atoms with E-state index in [1.807, 2.05) is 19.1 Å². The van der Waals surface area contributed by atoms with Gasteiger partial charge in [-0.2, -0.15) is 5.10 Å². The lowest BCUT2D eigenvalue weighted by Crippen LogP contribution is -2.00. The summed E-state index contributed by atoms with van der Waals surface area (Å²) in [6.07, 6.45) is 3.45. The summed E-state index contributed by atoms with van der Waals surface area (Å²) in [5.41, 5.74) is 7.54. The monoisotopic (exact) mass is 252 g/mol. The predicted molar refractivity (Wildman–Crippen MR) is 58.2 cm³/mol. The molecule has 0 unspecified atom stereocenters. The van der Waals surface area contributed by atoms with Crippen LogP contribution >= 0.6 is 15.9 Å². The summed E-state index contributed by atoms with van der Waals surface area (Å²) in [5.74, 6) is 0.520. The second-order valence-electron chi connectivity index (χ2n) is 2.95. The zero-order valence-electron chi connectivity index (χ0n) is 7.61. The zero-order chi connectivity index (χ0) is 10.1. The Morgan fingerprint density at radius 3 is 2.86 bits per heavy atom. The van der Waals surface area contributed by atoms with Crippen LogP contribution in [-0.4, -0.2) is 14.8 Å². The summed E-state index contributed by atoms with van der Waals surface area (Å²) < 4.78 is 2.67. The van der Waals surface area contributed by atoms with Gasteiger partial charge in [-0.3, -0.25) is 4.98 Å². The van der Waals surface area contributed by atoms with E-state index >= 15 is 0 Å². The number of nitrogens with zero attached hydrogens (tertiary/aromatic N) is 3. The fraction of sp³-hybridized carbons (Fsp3) is 0.111. The third kappa shape index (κ3) is 1.50. The number of nitrogen functional groups attached to an aromatic ring is 1. The Kier molecular flexibility index (Phi) is 2.25. The van der Waals surface area contributed by atoms with Crippen LogP contribution in [-0.2, 0) is 0 Å². The summed E-state index contributed by atoms with van der Waals surface area (Å²) in [7, 11) is 0. The van der Waals surface area contributed by atoms with Gasteiger partial charge in [-0.05, 0) is 28.9 Å². The maximum absolute atomic E-state index is 5.60. The topological polar surface area (TPSA) is 56.7 Å². The van der Waals surface area contributed by atoms with Gasteiger partial charge in [0.15, 0.2) is 0 Å². The van der Waals surface area contributed by atoms with E-state index in [-0.39, 0.29) is 0 Å². The second-order valence-corrected chi connectivity index (χ2v) is 3.80. The van der Waals surface area contributed by atoms with Gasteiger partial charge < -0.3 is 5.73 Å². The van der Waals surface area contributed by atoms with Crippen LogP contribution in [0.2, 0.25) is 0 Å². The van der Waals surface area contributed by atoms with Crippen LogP contribution in [0, 0.1) is 6.92 Å². The van der Waals surface area contributed by atoms with E-state index in [0.29, 0.717) is 5.82 Å². The number of nitrogens with two attached hydrogens (primary N) is 1. The van der Waals surface area contributed by atoms with Gasteiger partial charge in [-0.25, -0.2) is 4.68 Å². The molecule has 4 nitrogen and oxygen atoms in total. The Labute approximate surface area is 89.9 Å². The molecule has 2 heterocycles. The van der Waals surface area contributed by atoms with Crippen LogP contribution in [0.5, 0.6) is 0 Å². The third-order valence-corrected chi connectivity index (χ3v) is 2.50. The highest BCUT2D eigenvalue weighted by Crippen LogP contribution is 2.20. The van der Waals surface area contributed by atoms with E-state index in [1.54, 1.807) is 17.1 Å². The number of hydrogen-bond donors (Lipinski definition) is 1. The second kappa shape index (κ2) is 3.42. The Hall–Kier alpha value is -1.36. The molecule has 0 bridgehead atoms. The van der Waals surface area contributed by atoms with E-state index in [0.717, 1.165) is 15.9 Å². The predicted octanol–water partition coefficient (Wildman–Crippen LogP) is 1.92. The van der Waals surface area contributed by atoms with Crippen LogP contribution in [0.25, 0.3) is 5.69 Å². The molecule has 0 amide bonds. The van der Waals surface area contributed by atoms with Crippen molar-refractivity contribution in [1.29, 1.82) is 0 Å². The minimum Gasteiger partial charge on any atom is -0.382 e. The average molecular weight is 253 g/mol. The Morgan fingerprint density at radius 2 is 2.29 bits per heavy atom. The van der Waals surface area contributed by atoms with Crippen molar-refractivity contribution in [1.82, 2.24) is 14.8 Å². The summed E-state index contributed by atoms with van der Waals surface area (Å²) in [5, 5.41) is 4.18. The normalized spacial score (nSPS) is 10.4. The molecule has 72 valence electrons. The van der Waals surface area contributed by atoms with Gasteiger partial charge in [0, 0.05) is 24.2 Å². The first kappa shape index (κ1) is 9.21. The molecule has 0 aromatic carbocycles. The molecular formula is C9H9BrN4. The summed E-state index contributed by atoms with van der Waals surface area (Å²) in [6, 6.07) is 3.70. The number of anilines is 1. The Morgan fingerprint density at radius 1 is 1.50 bits per heavy atom. The Bertz CT molecular complexity index is 464. The standard InChI is InChI=1S/C9H9BrN4/c1-6-4-9(11)13-14(6)8-2-3-12-5-7(8)10/h2-5H,1H3,(H2,11,13). The number of pyridine rings is 1. The number of rotatable bonds is 1. The highest BCUT2D eigenvalue weighted by atomic mass is 79.9. The molecule has 0 aliphatic heterocycles. The smallest absolute Gasteiger partial charge is 0.146 e. The van der Waals surface area contributed by atoms with Crippen LogP contribution in [0.1, 0.15) is 5.69 Å². The molecule has 5 heteroatoms. The number of aromatic nitrogens is 3. The third-order valence-electron chi connectivity index (χ3n) is 1.89. The van der Waals surface area contributed by atoms with Gasteiger partial charge in [0.05, 0.1) is 10.2 Å². The summed E-state index contributed by atoms with van der Waals surface area (Å²) >= 11 is 3.41. The fourth-order valence-electron chi connectivity index (χ4n) is 1.28. The molecule has 2 aromatic heterocycles. The van der Waals surface area contributed by atoms with E-state index in [9.17, 15) is 0 Å².